The van der Waals surface area contributed by atoms with Crippen LogP contribution in [-0.4, -0.2) is 37.3 Å². The minimum atomic E-state index is -3.76. The Bertz CT molecular complexity index is 668. The highest BCUT2D eigenvalue weighted by atomic mass is 32.2. The molecule has 2 rings (SSSR count). The van der Waals surface area contributed by atoms with Crippen molar-refractivity contribution in [2.45, 2.75) is 37.6 Å². The molecule has 1 fully saturated rings. The summed E-state index contributed by atoms with van der Waals surface area (Å²) in [5.41, 5.74) is 6.14. The average molecular weight is 311 g/mol. The van der Waals surface area contributed by atoms with Crippen LogP contribution >= 0.6 is 0 Å². The van der Waals surface area contributed by atoms with E-state index in [4.69, 9.17) is 5.73 Å². The van der Waals surface area contributed by atoms with Crippen LogP contribution in [0.25, 0.3) is 0 Å². The van der Waals surface area contributed by atoms with Crippen LogP contribution in [0.15, 0.2) is 23.1 Å². The molecule has 0 aliphatic carbocycles. The van der Waals surface area contributed by atoms with Crippen molar-refractivity contribution in [2.75, 3.05) is 18.8 Å². The van der Waals surface area contributed by atoms with Crippen molar-refractivity contribution in [3.63, 3.8) is 0 Å². The predicted octanol–water partition coefficient (Wildman–Crippen LogP) is 0.730. The van der Waals surface area contributed by atoms with E-state index in [1.807, 2.05) is 6.92 Å². The number of carbonyl (C=O) groups excluding carboxylic acids is 1. The number of hydrogen-bond acceptors (Lipinski definition) is 4. The number of hydrogen-bond donors (Lipinski definition) is 2. The van der Waals surface area contributed by atoms with Crippen molar-refractivity contribution in [1.29, 1.82) is 0 Å². The molecule has 7 heteroatoms. The summed E-state index contributed by atoms with van der Waals surface area (Å²) < 4.78 is 26.8. The third-order valence-electron chi connectivity index (χ3n) is 3.87. The topological polar surface area (TPSA) is 92.5 Å². The lowest BCUT2D eigenvalue weighted by Gasteiger charge is -2.39. The Morgan fingerprint density at radius 3 is 2.62 bits per heavy atom. The summed E-state index contributed by atoms with van der Waals surface area (Å²) in [6, 6.07) is 4.74. The zero-order chi connectivity index (χ0) is 15.8. The Kier molecular flexibility index (Phi) is 3.99. The highest BCUT2D eigenvalue weighted by Crippen LogP contribution is 2.28. The first-order valence-electron chi connectivity index (χ1n) is 6.90. The fraction of sp³-hybridized carbons (Fsp3) is 0.500. The van der Waals surface area contributed by atoms with E-state index in [-0.39, 0.29) is 17.3 Å². The fourth-order valence-corrected chi connectivity index (χ4v) is 4.27. The molecule has 3 N–H and O–H groups in total. The lowest BCUT2D eigenvalue weighted by atomic mass is 10.0. The van der Waals surface area contributed by atoms with Crippen molar-refractivity contribution < 1.29 is 13.2 Å². The molecule has 1 aliphatic rings. The molecule has 21 heavy (non-hydrogen) atoms. The van der Waals surface area contributed by atoms with Gasteiger partial charge in [-0.15, -0.1) is 0 Å². The average Bonchev–Trinajstić information content (AvgIpc) is 2.41. The zero-order valence-electron chi connectivity index (χ0n) is 12.5. The largest absolute Gasteiger partial charge is 0.398 e. The van der Waals surface area contributed by atoms with Crippen LogP contribution in [0.1, 0.15) is 26.3 Å². The van der Waals surface area contributed by atoms with Gasteiger partial charge in [-0.2, -0.15) is 4.31 Å². The molecule has 0 aromatic heterocycles. The number of nitrogens with zero attached hydrogens (tertiary/aromatic N) is 1. The number of rotatable bonds is 3. The zero-order valence-corrected chi connectivity index (χ0v) is 13.3. The molecule has 1 aliphatic heterocycles. The Hall–Kier alpha value is -1.60. The van der Waals surface area contributed by atoms with E-state index in [0.29, 0.717) is 12.2 Å². The number of amides is 1. The van der Waals surface area contributed by atoms with Crippen molar-refractivity contribution >= 4 is 21.6 Å². The van der Waals surface area contributed by atoms with Crippen LogP contribution in [0.5, 0.6) is 0 Å². The summed E-state index contributed by atoms with van der Waals surface area (Å²) in [4.78, 5) is 12.1. The van der Waals surface area contributed by atoms with Gasteiger partial charge < -0.3 is 11.1 Å². The first kappa shape index (κ1) is 15.8. The molecule has 6 nitrogen and oxygen atoms in total. The molecule has 0 unspecified atom stereocenters. The number of anilines is 1. The molecule has 1 amide bonds. The maximum atomic E-state index is 12.8. The van der Waals surface area contributed by atoms with Crippen molar-refractivity contribution in [2.24, 2.45) is 0 Å². The van der Waals surface area contributed by atoms with E-state index in [2.05, 4.69) is 5.32 Å². The van der Waals surface area contributed by atoms with Gasteiger partial charge in [0.2, 0.25) is 15.9 Å². The molecule has 1 aromatic rings. The van der Waals surface area contributed by atoms with Crippen LogP contribution in [0, 0.1) is 0 Å². The second kappa shape index (κ2) is 5.31. The monoisotopic (exact) mass is 311 g/mol. The van der Waals surface area contributed by atoms with Gasteiger partial charge in [-0.05, 0) is 38.0 Å². The standard InChI is InChI=1S/C14H21N3O3S/c1-4-10-5-6-11(9-12(10)15)21(19,20)17-8-7-16-13(18)14(17,2)3/h5-6,9H,4,7-8,15H2,1-3H3,(H,16,18). The predicted molar refractivity (Wildman–Crippen MR) is 81.2 cm³/mol. The van der Waals surface area contributed by atoms with Gasteiger partial charge in [0.15, 0.2) is 0 Å². The Morgan fingerprint density at radius 2 is 2.05 bits per heavy atom. The Labute approximate surface area is 125 Å². The maximum Gasteiger partial charge on any atom is 0.244 e. The minimum Gasteiger partial charge on any atom is -0.398 e. The van der Waals surface area contributed by atoms with Gasteiger partial charge in [-0.1, -0.05) is 13.0 Å². The van der Waals surface area contributed by atoms with Crippen molar-refractivity contribution in [3.05, 3.63) is 23.8 Å². The van der Waals surface area contributed by atoms with Gasteiger partial charge in [-0.3, -0.25) is 4.79 Å². The van der Waals surface area contributed by atoms with Gasteiger partial charge in [-0.25, -0.2) is 8.42 Å². The number of carbonyl (C=O) groups is 1. The van der Waals surface area contributed by atoms with Crippen LogP contribution < -0.4 is 11.1 Å². The number of piperazine rings is 1. The summed E-state index contributed by atoms with van der Waals surface area (Å²) in [5, 5.41) is 2.69. The number of aryl methyl sites for hydroxylation is 1. The van der Waals surface area contributed by atoms with Crippen LogP contribution in [0.2, 0.25) is 0 Å². The van der Waals surface area contributed by atoms with E-state index in [0.717, 1.165) is 12.0 Å². The van der Waals surface area contributed by atoms with Crippen LogP contribution in [-0.2, 0) is 21.2 Å². The number of nitrogens with two attached hydrogens (primary N) is 1. The third-order valence-corrected chi connectivity index (χ3v) is 5.93. The van der Waals surface area contributed by atoms with Gasteiger partial charge >= 0.3 is 0 Å². The molecule has 0 spiro atoms. The fourth-order valence-electron chi connectivity index (χ4n) is 2.48. The van der Waals surface area contributed by atoms with E-state index in [1.165, 1.54) is 10.4 Å². The van der Waals surface area contributed by atoms with Gasteiger partial charge in [0, 0.05) is 18.8 Å². The Morgan fingerprint density at radius 1 is 1.38 bits per heavy atom. The van der Waals surface area contributed by atoms with E-state index >= 15 is 0 Å². The molecule has 116 valence electrons. The molecule has 1 saturated heterocycles. The smallest absolute Gasteiger partial charge is 0.244 e. The maximum absolute atomic E-state index is 12.8. The van der Waals surface area contributed by atoms with E-state index in [9.17, 15) is 13.2 Å². The number of nitrogen functional groups attached to an aromatic ring is 1. The van der Waals surface area contributed by atoms with Crippen molar-refractivity contribution in [3.8, 4) is 0 Å². The third kappa shape index (κ3) is 2.63. The summed E-state index contributed by atoms with van der Waals surface area (Å²) in [7, 11) is -3.76. The first-order valence-corrected chi connectivity index (χ1v) is 8.34. The molecular formula is C14H21N3O3S. The second-order valence-electron chi connectivity index (χ2n) is 5.61. The second-order valence-corrected chi connectivity index (χ2v) is 7.47. The summed E-state index contributed by atoms with van der Waals surface area (Å²) in [5.74, 6) is -0.296. The lowest BCUT2D eigenvalue weighted by molar-refractivity contribution is -0.131. The summed E-state index contributed by atoms with van der Waals surface area (Å²) >= 11 is 0. The molecule has 0 saturated carbocycles. The van der Waals surface area contributed by atoms with Crippen molar-refractivity contribution in [1.82, 2.24) is 9.62 Å². The number of nitrogens with one attached hydrogen (secondary N) is 1. The number of sulfonamides is 1. The summed E-state index contributed by atoms with van der Waals surface area (Å²) in [6.07, 6.45) is 0.740. The van der Waals surface area contributed by atoms with E-state index in [1.54, 1.807) is 26.0 Å². The first-order chi connectivity index (χ1) is 9.71. The normalized spacial score (nSPS) is 19.3. The Balaban J connectivity index is 2.46. The lowest BCUT2D eigenvalue weighted by Crippen LogP contribution is -2.63. The minimum absolute atomic E-state index is 0.125. The van der Waals surface area contributed by atoms with Gasteiger partial charge in [0.05, 0.1) is 4.90 Å². The molecule has 1 aromatic carbocycles. The molecule has 0 radical (unpaired) electrons. The molecule has 1 heterocycles. The summed E-state index contributed by atoms with van der Waals surface area (Å²) in [6.45, 7) is 5.71. The van der Waals surface area contributed by atoms with Gasteiger partial charge in [0.25, 0.3) is 0 Å². The SMILES string of the molecule is CCc1ccc(S(=O)(=O)N2CCNC(=O)C2(C)C)cc1N. The molecule has 0 bridgehead atoms. The highest BCUT2D eigenvalue weighted by molar-refractivity contribution is 7.89. The van der Waals surface area contributed by atoms with E-state index < -0.39 is 15.6 Å². The highest BCUT2D eigenvalue weighted by Gasteiger charge is 2.44. The molecular weight excluding hydrogens is 290 g/mol. The van der Waals surface area contributed by atoms with Gasteiger partial charge in [0.1, 0.15) is 5.54 Å². The number of benzene rings is 1. The quantitative estimate of drug-likeness (QED) is 0.805. The van der Waals surface area contributed by atoms with Crippen LogP contribution in [0.3, 0.4) is 0 Å². The van der Waals surface area contributed by atoms with Crippen LogP contribution in [0.4, 0.5) is 5.69 Å². The molecule has 0 atom stereocenters.